The summed E-state index contributed by atoms with van der Waals surface area (Å²) in [7, 11) is 0. The number of hydrogen-bond donors (Lipinski definition) is 0. The molecule has 2 aromatic rings. The molecule has 0 radical (unpaired) electrons. The fourth-order valence-electron chi connectivity index (χ4n) is 2.56. The van der Waals surface area contributed by atoms with Gasteiger partial charge in [0.25, 0.3) is 0 Å². The minimum Gasteiger partial charge on any atom is -0.494 e. The van der Waals surface area contributed by atoms with E-state index in [2.05, 4.69) is 12.6 Å². The van der Waals surface area contributed by atoms with Gasteiger partial charge in [0, 0.05) is 6.08 Å². The predicted octanol–water partition coefficient (Wildman–Crippen LogP) is 4.78. The Morgan fingerprint density at radius 3 is 2.20 bits per heavy atom. The lowest BCUT2D eigenvalue weighted by Crippen LogP contribution is -2.03. The number of esters is 1. The van der Waals surface area contributed by atoms with Crippen LogP contribution in [0.15, 0.2) is 61.2 Å². The van der Waals surface area contributed by atoms with Crippen LogP contribution in [0.4, 0.5) is 0 Å². The predicted molar refractivity (Wildman–Crippen MR) is 113 cm³/mol. The minimum atomic E-state index is -0.369. The highest BCUT2D eigenvalue weighted by Gasteiger charge is 1.99. The average molecular weight is 409 g/mol. The van der Waals surface area contributed by atoms with Crippen LogP contribution in [0.5, 0.6) is 11.5 Å². The molecule has 0 spiro atoms. The fourth-order valence-corrected chi connectivity index (χ4v) is 2.56. The Balaban J connectivity index is 1.52. The summed E-state index contributed by atoms with van der Waals surface area (Å²) in [6, 6.07) is 16.7. The third-order valence-corrected chi connectivity index (χ3v) is 4.20. The molecule has 0 amide bonds. The first-order valence-electron chi connectivity index (χ1n) is 9.93. The minimum absolute atomic E-state index is 0.136. The molecule has 158 valence electrons. The molecule has 30 heavy (non-hydrogen) atoms. The van der Waals surface area contributed by atoms with Crippen molar-refractivity contribution in [3.63, 3.8) is 0 Å². The second-order valence-electron chi connectivity index (χ2n) is 6.53. The van der Waals surface area contributed by atoms with E-state index in [0.29, 0.717) is 31.1 Å². The van der Waals surface area contributed by atoms with Crippen molar-refractivity contribution < 1.29 is 23.7 Å². The van der Waals surface area contributed by atoms with Gasteiger partial charge in [-0.3, -0.25) is 0 Å². The molecular formula is C24H27NO5. The summed E-state index contributed by atoms with van der Waals surface area (Å²) < 4.78 is 21.7. The largest absolute Gasteiger partial charge is 0.494 e. The summed E-state index contributed by atoms with van der Waals surface area (Å²) >= 11 is 0. The summed E-state index contributed by atoms with van der Waals surface area (Å²) in [5.74, 6) is 1.12. The third kappa shape index (κ3) is 9.26. The molecule has 0 saturated heterocycles. The van der Waals surface area contributed by atoms with Gasteiger partial charge in [-0.25, -0.2) is 4.79 Å². The number of carbonyl (C=O) groups is 1. The Bertz CT molecular complexity index is 809. The van der Waals surface area contributed by atoms with E-state index in [9.17, 15) is 4.79 Å². The molecule has 0 fully saturated rings. The van der Waals surface area contributed by atoms with E-state index in [4.69, 9.17) is 24.2 Å². The Morgan fingerprint density at radius 2 is 1.53 bits per heavy atom. The highest BCUT2D eigenvalue weighted by molar-refractivity contribution is 5.81. The zero-order valence-electron chi connectivity index (χ0n) is 17.0. The average Bonchev–Trinajstić information content (AvgIpc) is 2.79. The quantitative estimate of drug-likeness (QED) is 0.193. The van der Waals surface area contributed by atoms with Gasteiger partial charge in [0.2, 0.25) is 0 Å². The van der Waals surface area contributed by atoms with Crippen LogP contribution in [0.25, 0.3) is 0 Å². The summed E-state index contributed by atoms with van der Waals surface area (Å²) in [6.45, 7) is 5.02. The molecular weight excluding hydrogens is 382 g/mol. The topological polar surface area (TPSA) is 77.8 Å². The maximum atomic E-state index is 10.9. The molecule has 0 aromatic heterocycles. The molecule has 0 aliphatic carbocycles. The van der Waals surface area contributed by atoms with Gasteiger partial charge in [-0.2, -0.15) is 5.26 Å². The Hall–Kier alpha value is -3.30. The van der Waals surface area contributed by atoms with Gasteiger partial charge < -0.3 is 18.9 Å². The van der Waals surface area contributed by atoms with Gasteiger partial charge in [-0.05, 0) is 67.6 Å². The summed E-state index contributed by atoms with van der Waals surface area (Å²) in [5, 5.41) is 8.77. The number of nitrogens with zero attached hydrogens (tertiary/aromatic N) is 1. The molecule has 0 bridgehead atoms. The van der Waals surface area contributed by atoms with Gasteiger partial charge in [0.15, 0.2) is 6.79 Å². The zero-order valence-corrected chi connectivity index (χ0v) is 17.0. The maximum Gasteiger partial charge on any atom is 0.330 e. The molecule has 0 N–H and O–H groups in total. The standard InChI is InChI=1S/C24H27NO5/c1-2-24(26)29-16-6-4-3-5-15-28-22-13-9-21(10-14-22)18-27-19-30-23-11-7-20(17-25)8-12-23/h2,7-14H,1,3-6,15-16,18-19H2. The highest BCUT2D eigenvalue weighted by atomic mass is 16.7. The zero-order chi connectivity index (χ0) is 21.4. The fraction of sp³-hybridized carbons (Fsp3) is 0.333. The van der Waals surface area contributed by atoms with E-state index in [1.165, 1.54) is 6.08 Å². The monoisotopic (exact) mass is 409 g/mol. The number of carbonyl (C=O) groups excluding carboxylic acids is 1. The van der Waals surface area contributed by atoms with E-state index in [-0.39, 0.29) is 12.8 Å². The number of unbranched alkanes of at least 4 members (excludes halogenated alkanes) is 3. The molecule has 0 unspecified atom stereocenters. The van der Waals surface area contributed by atoms with Crippen molar-refractivity contribution in [3.8, 4) is 17.6 Å². The number of rotatable bonds is 14. The molecule has 0 aliphatic rings. The van der Waals surface area contributed by atoms with Crippen molar-refractivity contribution in [3.05, 3.63) is 72.3 Å². The summed E-state index contributed by atoms with van der Waals surface area (Å²) in [5.41, 5.74) is 1.62. The van der Waals surface area contributed by atoms with Crippen LogP contribution in [0, 0.1) is 11.3 Å². The number of benzene rings is 2. The Morgan fingerprint density at radius 1 is 0.900 bits per heavy atom. The highest BCUT2D eigenvalue weighted by Crippen LogP contribution is 2.15. The maximum absolute atomic E-state index is 10.9. The van der Waals surface area contributed by atoms with E-state index in [1.807, 2.05) is 24.3 Å². The third-order valence-electron chi connectivity index (χ3n) is 4.20. The first-order valence-corrected chi connectivity index (χ1v) is 9.93. The normalized spacial score (nSPS) is 10.1. The summed E-state index contributed by atoms with van der Waals surface area (Å²) in [6.07, 6.45) is 5.00. The van der Waals surface area contributed by atoms with Gasteiger partial charge in [0.1, 0.15) is 11.5 Å². The number of ether oxygens (including phenoxy) is 4. The molecule has 6 nitrogen and oxygen atoms in total. The molecule has 0 atom stereocenters. The molecule has 2 rings (SSSR count). The van der Waals surface area contributed by atoms with Crippen molar-refractivity contribution in [2.24, 2.45) is 0 Å². The van der Waals surface area contributed by atoms with E-state index in [1.54, 1.807) is 24.3 Å². The Kier molecular flexibility index (Phi) is 10.6. The van der Waals surface area contributed by atoms with Crippen LogP contribution in [0.2, 0.25) is 0 Å². The molecule has 0 aliphatic heterocycles. The van der Waals surface area contributed by atoms with Crippen LogP contribution in [-0.2, 0) is 20.9 Å². The van der Waals surface area contributed by atoms with Crippen molar-refractivity contribution in [2.75, 3.05) is 20.0 Å². The van der Waals surface area contributed by atoms with E-state index >= 15 is 0 Å². The summed E-state index contributed by atoms with van der Waals surface area (Å²) in [4.78, 5) is 10.9. The smallest absolute Gasteiger partial charge is 0.330 e. The van der Waals surface area contributed by atoms with E-state index in [0.717, 1.165) is 37.0 Å². The van der Waals surface area contributed by atoms with Crippen molar-refractivity contribution >= 4 is 5.97 Å². The first-order chi connectivity index (χ1) is 14.7. The molecule has 0 saturated carbocycles. The van der Waals surface area contributed by atoms with Gasteiger partial charge in [-0.1, -0.05) is 18.7 Å². The van der Waals surface area contributed by atoms with Crippen LogP contribution in [-0.4, -0.2) is 26.0 Å². The molecule has 2 aromatic carbocycles. The first kappa shape index (κ1) is 23.0. The second kappa shape index (κ2) is 13.8. The van der Waals surface area contributed by atoms with Crippen LogP contribution >= 0.6 is 0 Å². The number of hydrogen-bond acceptors (Lipinski definition) is 6. The van der Waals surface area contributed by atoms with Gasteiger partial charge in [-0.15, -0.1) is 0 Å². The van der Waals surface area contributed by atoms with E-state index < -0.39 is 0 Å². The molecule has 0 heterocycles. The van der Waals surface area contributed by atoms with Crippen LogP contribution < -0.4 is 9.47 Å². The SMILES string of the molecule is C=CC(=O)OCCCCCCOc1ccc(COCOc2ccc(C#N)cc2)cc1. The lowest BCUT2D eigenvalue weighted by molar-refractivity contribution is -0.137. The lowest BCUT2D eigenvalue weighted by Gasteiger charge is -2.09. The van der Waals surface area contributed by atoms with Crippen LogP contribution in [0.1, 0.15) is 36.8 Å². The van der Waals surface area contributed by atoms with Crippen molar-refractivity contribution in [1.29, 1.82) is 5.26 Å². The van der Waals surface area contributed by atoms with Crippen molar-refractivity contribution in [2.45, 2.75) is 32.3 Å². The van der Waals surface area contributed by atoms with Gasteiger partial charge in [0.05, 0.1) is 31.5 Å². The molecule has 6 heteroatoms. The van der Waals surface area contributed by atoms with Crippen LogP contribution in [0.3, 0.4) is 0 Å². The van der Waals surface area contributed by atoms with Crippen molar-refractivity contribution in [1.82, 2.24) is 0 Å². The second-order valence-corrected chi connectivity index (χ2v) is 6.53. The lowest BCUT2D eigenvalue weighted by atomic mass is 10.2. The number of nitriles is 1. The van der Waals surface area contributed by atoms with Gasteiger partial charge >= 0.3 is 5.97 Å². The Labute approximate surface area is 177 Å².